The van der Waals surface area contributed by atoms with Gasteiger partial charge in [-0.25, -0.2) is 4.98 Å². The van der Waals surface area contributed by atoms with E-state index in [0.29, 0.717) is 17.7 Å². The second kappa shape index (κ2) is 6.47. The van der Waals surface area contributed by atoms with Crippen molar-refractivity contribution >= 4 is 22.9 Å². The summed E-state index contributed by atoms with van der Waals surface area (Å²) in [4.78, 5) is 17.0. The summed E-state index contributed by atoms with van der Waals surface area (Å²) in [5.41, 5.74) is 2.62. The van der Waals surface area contributed by atoms with Gasteiger partial charge in [0.25, 0.3) is 0 Å². The number of hydrogen-bond acceptors (Lipinski definition) is 4. The van der Waals surface area contributed by atoms with Gasteiger partial charge in [-0.2, -0.15) is 0 Å². The highest BCUT2D eigenvalue weighted by atomic mass is 16.5. The highest BCUT2D eigenvalue weighted by Crippen LogP contribution is 2.34. The van der Waals surface area contributed by atoms with Crippen LogP contribution in [0.4, 0.5) is 5.95 Å². The van der Waals surface area contributed by atoms with Crippen LogP contribution in [0.15, 0.2) is 41.1 Å². The monoisotopic (exact) mass is 324 g/mol. The summed E-state index contributed by atoms with van der Waals surface area (Å²) in [6, 6.07) is 10.1. The first kappa shape index (κ1) is 14.9. The number of imidazole rings is 1. The lowest BCUT2D eigenvalue weighted by molar-refractivity contribution is -0.115. The van der Waals surface area contributed by atoms with E-state index in [2.05, 4.69) is 26.1 Å². The summed E-state index contributed by atoms with van der Waals surface area (Å²) in [6.45, 7) is 0. The van der Waals surface area contributed by atoms with Crippen LogP contribution >= 0.6 is 0 Å². The molecule has 0 aliphatic heterocycles. The number of anilines is 1. The van der Waals surface area contributed by atoms with Crippen LogP contribution in [0.5, 0.6) is 0 Å². The standard InChI is InChI=1S/C18H20N4O2/c23-17(12-13-10-11-24-21-13)20-18-19-15-8-4-5-9-16(15)22(18)14-6-2-1-3-7-14/h4-5,8-11,14H,1-3,6-7,12H2,(H,19,20,23). The van der Waals surface area contributed by atoms with Crippen molar-refractivity contribution in [1.29, 1.82) is 0 Å². The molecule has 1 aromatic carbocycles. The Labute approximate surface area is 139 Å². The highest BCUT2D eigenvalue weighted by Gasteiger charge is 2.22. The van der Waals surface area contributed by atoms with Crippen molar-refractivity contribution in [3.05, 3.63) is 42.3 Å². The van der Waals surface area contributed by atoms with E-state index in [1.807, 2.05) is 18.2 Å². The molecule has 1 aliphatic rings. The average Bonchev–Trinajstić information content (AvgIpc) is 3.22. The molecule has 1 aliphatic carbocycles. The van der Waals surface area contributed by atoms with Crippen LogP contribution in [-0.4, -0.2) is 20.6 Å². The maximum absolute atomic E-state index is 12.3. The van der Waals surface area contributed by atoms with Gasteiger partial charge >= 0.3 is 0 Å². The van der Waals surface area contributed by atoms with Crippen LogP contribution in [0.2, 0.25) is 0 Å². The minimum Gasteiger partial charge on any atom is -0.364 e. The number of carbonyl (C=O) groups is 1. The first-order chi connectivity index (χ1) is 11.8. The molecule has 1 fully saturated rings. The number of rotatable bonds is 4. The van der Waals surface area contributed by atoms with Crippen LogP contribution in [0.3, 0.4) is 0 Å². The topological polar surface area (TPSA) is 73.0 Å². The molecule has 0 saturated heterocycles. The molecule has 0 radical (unpaired) electrons. The Kier molecular flexibility index (Phi) is 4.02. The second-order valence-electron chi connectivity index (χ2n) is 6.30. The second-order valence-corrected chi connectivity index (χ2v) is 6.30. The third-order valence-corrected chi connectivity index (χ3v) is 4.62. The predicted octanol–water partition coefficient (Wildman–Crippen LogP) is 3.71. The highest BCUT2D eigenvalue weighted by molar-refractivity contribution is 5.92. The lowest BCUT2D eigenvalue weighted by atomic mass is 9.95. The lowest BCUT2D eigenvalue weighted by Crippen LogP contribution is -2.21. The van der Waals surface area contributed by atoms with Gasteiger partial charge in [0.15, 0.2) is 0 Å². The van der Waals surface area contributed by atoms with Gasteiger partial charge in [-0.3, -0.25) is 10.1 Å². The number of para-hydroxylation sites is 2. The average molecular weight is 324 g/mol. The molecule has 1 saturated carbocycles. The fraction of sp³-hybridized carbons (Fsp3) is 0.389. The van der Waals surface area contributed by atoms with Crippen molar-refractivity contribution in [2.75, 3.05) is 5.32 Å². The van der Waals surface area contributed by atoms with Gasteiger partial charge in [0.05, 0.1) is 23.1 Å². The van der Waals surface area contributed by atoms with Gasteiger partial charge in [-0.05, 0) is 25.0 Å². The zero-order valence-corrected chi connectivity index (χ0v) is 13.4. The van der Waals surface area contributed by atoms with E-state index in [0.717, 1.165) is 23.9 Å². The quantitative estimate of drug-likeness (QED) is 0.794. The van der Waals surface area contributed by atoms with Crippen LogP contribution in [-0.2, 0) is 11.2 Å². The molecule has 1 N–H and O–H groups in total. The SMILES string of the molecule is O=C(Cc1ccon1)Nc1nc2ccccc2n1C1CCCCC1. The number of nitrogens with zero attached hydrogens (tertiary/aromatic N) is 3. The smallest absolute Gasteiger partial charge is 0.232 e. The van der Waals surface area contributed by atoms with Crippen molar-refractivity contribution in [3.63, 3.8) is 0 Å². The number of nitrogens with one attached hydrogen (secondary N) is 1. The molecule has 1 amide bonds. The molecular weight excluding hydrogens is 304 g/mol. The first-order valence-corrected chi connectivity index (χ1v) is 8.47. The summed E-state index contributed by atoms with van der Waals surface area (Å²) in [5.74, 6) is 0.507. The fourth-order valence-corrected chi connectivity index (χ4v) is 3.50. The summed E-state index contributed by atoms with van der Waals surface area (Å²) < 4.78 is 6.99. The van der Waals surface area contributed by atoms with Gasteiger partial charge < -0.3 is 9.09 Å². The molecular formula is C18H20N4O2. The molecule has 2 aromatic heterocycles. The van der Waals surface area contributed by atoms with Crippen molar-refractivity contribution in [1.82, 2.24) is 14.7 Å². The lowest BCUT2D eigenvalue weighted by Gasteiger charge is -2.25. The molecule has 3 aromatic rings. The number of hydrogen-bond donors (Lipinski definition) is 1. The molecule has 4 rings (SSSR count). The van der Waals surface area contributed by atoms with E-state index in [1.165, 1.54) is 25.5 Å². The van der Waals surface area contributed by atoms with Crippen molar-refractivity contribution in [2.24, 2.45) is 0 Å². The summed E-state index contributed by atoms with van der Waals surface area (Å²) in [6.07, 6.45) is 7.66. The van der Waals surface area contributed by atoms with Gasteiger partial charge in [0.2, 0.25) is 11.9 Å². The van der Waals surface area contributed by atoms with Gasteiger partial charge in [0.1, 0.15) is 6.26 Å². The van der Waals surface area contributed by atoms with Gasteiger partial charge in [0, 0.05) is 12.1 Å². The number of amides is 1. The minimum absolute atomic E-state index is 0.128. The number of benzene rings is 1. The van der Waals surface area contributed by atoms with E-state index < -0.39 is 0 Å². The first-order valence-electron chi connectivity index (χ1n) is 8.47. The Balaban J connectivity index is 1.64. The molecule has 124 valence electrons. The van der Waals surface area contributed by atoms with Crippen molar-refractivity contribution in [2.45, 2.75) is 44.6 Å². The summed E-state index contributed by atoms with van der Waals surface area (Å²) >= 11 is 0. The van der Waals surface area contributed by atoms with Crippen LogP contribution in [0.25, 0.3) is 11.0 Å². The summed E-state index contributed by atoms with van der Waals surface area (Å²) in [5, 5.41) is 6.76. The fourth-order valence-electron chi connectivity index (χ4n) is 3.50. The molecule has 0 bridgehead atoms. The van der Waals surface area contributed by atoms with E-state index in [9.17, 15) is 4.79 Å². The molecule has 6 heteroatoms. The van der Waals surface area contributed by atoms with Crippen molar-refractivity contribution < 1.29 is 9.32 Å². The Morgan fingerprint density at radius 1 is 1.21 bits per heavy atom. The molecule has 2 heterocycles. The normalized spacial score (nSPS) is 15.7. The molecule has 24 heavy (non-hydrogen) atoms. The van der Waals surface area contributed by atoms with E-state index in [1.54, 1.807) is 6.07 Å². The molecule has 0 atom stereocenters. The number of carbonyl (C=O) groups excluding carboxylic acids is 1. The third kappa shape index (κ3) is 2.91. The van der Waals surface area contributed by atoms with E-state index in [4.69, 9.17) is 4.52 Å². The molecule has 0 spiro atoms. The van der Waals surface area contributed by atoms with Crippen molar-refractivity contribution in [3.8, 4) is 0 Å². The number of fused-ring (bicyclic) bond motifs is 1. The Hall–Kier alpha value is -2.63. The van der Waals surface area contributed by atoms with Crippen LogP contribution < -0.4 is 5.32 Å². The molecule has 0 unspecified atom stereocenters. The van der Waals surface area contributed by atoms with E-state index in [-0.39, 0.29) is 12.3 Å². The third-order valence-electron chi connectivity index (χ3n) is 4.62. The largest absolute Gasteiger partial charge is 0.364 e. The van der Waals surface area contributed by atoms with Gasteiger partial charge in [-0.15, -0.1) is 0 Å². The van der Waals surface area contributed by atoms with E-state index >= 15 is 0 Å². The maximum Gasteiger partial charge on any atom is 0.232 e. The molecule has 6 nitrogen and oxygen atoms in total. The Morgan fingerprint density at radius 3 is 2.83 bits per heavy atom. The Morgan fingerprint density at radius 2 is 2.04 bits per heavy atom. The minimum atomic E-state index is -0.128. The zero-order chi connectivity index (χ0) is 16.4. The van der Waals surface area contributed by atoms with Gasteiger partial charge in [-0.1, -0.05) is 36.6 Å². The number of aromatic nitrogens is 3. The predicted molar refractivity (Wildman–Crippen MR) is 90.7 cm³/mol. The summed E-state index contributed by atoms with van der Waals surface area (Å²) in [7, 11) is 0. The van der Waals surface area contributed by atoms with Crippen LogP contribution in [0.1, 0.15) is 43.8 Å². The Bertz CT molecular complexity index is 832. The van der Waals surface area contributed by atoms with Crippen LogP contribution in [0, 0.1) is 0 Å². The maximum atomic E-state index is 12.3. The zero-order valence-electron chi connectivity index (χ0n) is 13.4.